The van der Waals surface area contributed by atoms with E-state index in [1.54, 1.807) is 24.3 Å². The summed E-state index contributed by atoms with van der Waals surface area (Å²) in [6, 6.07) is 8.77. The van der Waals surface area contributed by atoms with E-state index < -0.39 is 12.1 Å². The summed E-state index contributed by atoms with van der Waals surface area (Å²) in [6.45, 7) is 1.89. The first kappa shape index (κ1) is 15.7. The van der Waals surface area contributed by atoms with Gasteiger partial charge in [0.15, 0.2) is 0 Å². The molecule has 1 aromatic carbocycles. The number of allylic oxidation sites excluding steroid dienone is 1. The molecular formula is C17H18O3. The minimum atomic E-state index is -0.459. The lowest BCUT2D eigenvalue weighted by Crippen LogP contribution is -2.16. The molecule has 20 heavy (non-hydrogen) atoms. The van der Waals surface area contributed by atoms with E-state index >= 15 is 0 Å². The van der Waals surface area contributed by atoms with Crippen LogP contribution in [0.2, 0.25) is 0 Å². The van der Waals surface area contributed by atoms with Crippen molar-refractivity contribution in [3.05, 3.63) is 47.5 Å². The molecule has 0 saturated carbocycles. The molecule has 0 radical (unpaired) electrons. The molecule has 0 fully saturated rings. The molecule has 104 valence electrons. The van der Waals surface area contributed by atoms with Crippen molar-refractivity contribution < 1.29 is 14.3 Å². The average molecular weight is 270 g/mol. The second kappa shape index (κ2) is 8.71. The maximum Gasteiger partial charge on any atom is 0.338 e. The van der Waals surface area contributed by atoms with Crippen LogP contribution in [0.25, 0.3) is 0 Å². The van der Waals surface area contributed by atoms with Crippen molar-refractivity contribution in [3.8, 4) is 12.3 Å². The second-order valence-electron chi connectivity index (χ2n) is 4.44. The van der Waals surface area contributed by atoms with Crippen LogP contribution < -0.4 is 0 Å². The number of benzene rings is 1. The van der Waals surface area contributed by atoms with Gasteiger partial charge in [-0.25, -0.2) is 4.79 Å². The minimum absolute atomic E-state index is 0.316. The van der Waals surface area contributed by atoms with Gasteiger partial charge >= 0.3 is 5.97 Å². The van der Waals surface area contributed by atoms with Gasteiger partial charge in [-0.05, 0) is 31.6 Å². The van der Waals surface area contributed by atoms with Crippen LogP contribution in [0, 0.1) is 12.3 Å². The number of ether oxygens (including phenoxy) is 1. The summed E-state index contributed by atoms with van der Waals surface area (Å²) in [5, 5.41) is 0. The topological polar surface area (TPSA) is 43.4 Å². The zero-order chi connectivity index (χ0) is 14.8. The first-order valence-electron chi connectivity index (χ1n) is 6.47. The van der Waals surface area contributed by atoms with Gasteiger partial charge in [0.25, 0.3) is 0 Å². The van der Waals surface area contributed by atoms with E-state index in [0.717, 1.165) is 11.9 Å². The van der Waals surface area contributed by atoms with E-state index in [1.807, 2.05) is 19.1 Å². The molecule has 3 heteroatoms. The normalized spacial score (nSPS) is 12.3. The second-order valence-corrected chi connectivity index (χ2v) is 4.44. The summed E-state index contributed by atoms with van der Waals surface area (Å²) in [5.41, 5.74) is 1.48. The summed E-state index contributed by atoms with van der Waals surface area (Å²) in [6.07, 6.45) is 8.93. The number of carbonyl (C=O) groups excluding carboxylic acids is 2. The van der Waals surface area contributed by atoms with E-state index in [2.05, 4.69) is 5.92 Å². The highest BCUT2D eigenvalue weighted by Crippen LogP contribution is 2.11. The molecule has 0 aliphatic heterocycles. The first-order chi connectivity index (χ1) is 9.67. The zero-order valence-electron chi connectivity index (χ0n) is 11.5. The van der Waals surface area contributed by atoms with Crippen molar-refractivity contribution in [2.75, 3.05) is 0 Å². The Labute approximate surface area is 119 Å². The van der Waals surface area contributed by atoms with Gasteiger partial charge < -0.3 is 9.53 Å². The molecule has 1 unspecified atom stereocenters. The van der Waals surface area contributed by atoms with Gasteiger partial charge in [0.05, 0.1) is 5.56 Å². The van der Waals surface area contributed by atoms with Crippen LogP contribution in [-0.4, -0.2) is 18.4 Å². The summed E-state index contributed by atoms with van der Waals surface area (Å²) in [4.78, 5) is 22.3. The lowest BCUT2D eigenvalue weighted by Gasteiger charge is -2.13. The van der Waals surface area contributed by atoms with Crippen LogP contribution in [0.4, 0.5) is 0 Å². The molecule has 3 nitrogen and oxygen atoms in total. The van der Waals surface area contributed by atoms with E-state index in [9.17, 15) is 9.59 Å². The molecule has 0 saturated heterocycles. The highest BCUT2D eigenvalue weighted by atomic mass is 16.5. The largest absolute Gasteiger partial charge is 0.454 e. The van der Waals surface area contributed by atoms with Crippen molar-refractivity contribution in [2.45, 2.75) is 32.3 Å². The Hall–Kier alpha value is -2.34. The summed E-state index contributed by atoms with van der Waals surface area (Å²) in [5.74, 6) is 2.10. The number of hydrogen-bond donors (Lipinski definition) is 0. The van der Waals surface area contributed by atoms with Gasteiger partial charge in [0.2, 0.25) is 0 Å². The smallest absolute Gasteiger partial charge is 0.338 e. The van der Waals surface area contributed by atoms with Crippen LogP contribution in [-0.2, 0) is 9.53 Å². The molecular weight excluding hydrogens is 252 g/mol. The Morgan fingerprint density at radius 3 is 2.70 bits per heavy atom. The molecule has 0 heterocycles. The van der Waals surface area contributed by atoms with Crippen molar-refractivity contribution in [3.63, 3.8) is 0 Å². The van der Waals surface area contributed by atoms with Gasteiger partial charge in [-0.15, -0.1) is 12.3 Å². The van der Waals surface area contributed by atoms with Crippen molar-refractivity contribution >= 4 is 12.3 Å². The third-order valence-electron chi connectivity index (χ3n) is 2.71. The molecule has 0 aliphatic carbocycles. The van der Waals surface area contributed by atoms with E-state index in [-0.39, 0.29) is 0 Å². The Kier molecular flexibility index (Phi) is 6.84. The maximum absolute atomic E-state index is 11.9. The monoisotopic (exact) mass is 270 g/mol. The van der Waals surface area contributed by atoms with Crippen LogP contribution in [0.15, 0.2) is 42.0 Å². The van der Waals surface area contributed by atoms with E-state index in [1.165, 1.54) is 0 Å². The highest BCUT2D eigenvalue weighted by Gasteiger charge is 2.13. The maximum atomic E-state index is 11.9. The van der Waals surface area contributed by atoms with Gasteiger partial charge in [0, 0.05) is 12.8 Å². The summed E-state index contributed by atoms with van der Waals surface area (Å²) < 4.78 is 5.38. The molecule has 1 aromatic rings. The minimum Gasteiger partial charge on any atom is -0.454 e. The molecule has 0 spiro atoms. The van der Waals surface area contributed by atoms with Crippen molar-refractivity contribution in [1.29, 1.82) is 0 Å². The number of esters is 1. The van der Waals surface area contributed by atoms with Crippen LogP contribution in [0.1, 0.15) is 36.5 Å². The zero-order valence-corrected chi connectivity index (χ0v) is 11.5. The number of carbonyl (C=O) groups is 2. The molecule has 0 aliphatic rings. The molecule has 1 rings (SSSR count). The Morgan fingerprint density at radius 2 is 2.10 bits per heavy atom. The third-order valence-corrected chi connectivity index (χ3v) is 2.71. The Balaban J connectivity index is 2.70. The predicted molar refractivity (Wildman–Crippen MR) is 78.2 cm³/mol. The molecule has 0 amide bonds. The molecule has 1 atom stereocenters. The van der Waals surface area contributed by atoms with Crippen LogP contribution in [0.5, 0.6) is 0 Å². The summed E-state index contributed by atoms with van der Waals surface area (Å²) >= 11 is 0. The van der Waals surface area contributed by atoms with Gasteiger partial charge in [-0.3, -0.25) is 0 Å². The van der Waals surface area contributed by atoms with Crippen molar-refractivity contribution in [1.82, 2.24) is 0 Å². The number of hydrogen-bond acceptors (Lipinski definition) is 3. The van der Waals surface area contributed by atoms with Gasteiger partial charge in [0.1, 0.15) is 12.4 Å². The predicted octanol–water partition coefficient (Wildman–Crippen LogP) is 3.16. The number of rotatable bonds is 7. The first-order valence-corrected chi connectivity index (χ1v) is 6.47. The third kappa shape index (κ3) is 5.53. The Morgan fingerprint density at radius 1 is 1.40 bits per heavy atom. The van der Waals surface area contributed by atoms with E-state index in [4.69, 9.17) is 11.2 Å². The average Bonchev–Trinajstić information content (AvgIpc) is 2.46. The quantitative estimate of drug-likeness (QED) is 0.331. The number of terminal acetylenes is 1. The van der Waals surface area contributed by atoms with Gasteiger partial charge in [-0.2, -0.15) is 0 Å². The molecule has 0 N–H and O–H groups in total. The van der Waals surface area contributed by atoms with Crippen LogP contribution in [0.3, 0.4) is 0 Å². The molecule has 0 aromatic heterocycles. The lowest BCUT2D eigenvalue weighted by molar-refractivity contribution is -0.107. The molecule has 0 bridgehead atoms. The fourth-order valence-electron chi connectivity index (χ4n) is 1.72. The number of aldehydes is 1. The summed E-state index contributed by atoms with van der Waals surface area (Å²) in [7, 11) is 0. The highest BCUT2D eigenvalue weighted by molar-refractivity contribution is 5.89. The fourth-order valence-corrected chi connectivity index (χ4v) is 1.72. The van der Waals surface area contributed by atoms with Crippen LogP contribution >= 0.6 is 0 Å². The Bertz CT molecular complexity index is 509. The fraction of sp³-hybridized carbons (Fsp3) is 0.294. The van der Waals surface area contributed by atoms with E-state index in [0.29, 0.717) is 24.8 Å². The SMILES string of the molecule is C#CCC(/C=C(\C)CCC=O)OC(=O)c1ccccc1. The standard InChI is InChI=1S/C17H18O3/c1-3-8-16(13-14(2)9-7-12-18)20-17(19)15-10-5-4-6-11-15/h1,4-6,10-13,16H,7-9H2,2H3/b14-13+. The lowest BCUT2D eigenvalue weighted by atomic mass is 10.1. The van der Waals surface area contributed by atoms with Crippen molar-refractivity contribution in [2.24, 2.45) is 0 Å². The van der Waals surface area contributed by atoms with Gasteiger partial charge in [-0.1, -0.05) is 23.8 Å².